The Hall–Kier alpha value is -1.39. The first-order valence-electron chi connectivity index (χ1n) is 7.58. The fourth-order valence-electron chi connectivity index (χ4n) is 2.90. The molecule has 0 aromatic heterocycles. The Labute approximate surface area is 127 Å². The molecule has 0 radical (unpaired) electrons. The Balaban J connectivity index is 2.13. The van der Waals surface area contributed by atoms with E-state index in [-0.39, 0.29) is 17.4 Å². The first-order valence-corrected chi connectivity index (χ1v) is 7.58. The van der Waals surface area contributed by atoms with Gasteiger partial charge in [-0.25, -0.2) is 0 Å². The number of likely N-dealkylation sites (tertiary alicyclic amines) is 1. The third-order valence-corrected chi connectivity index (χ3v) is 4.27. The van der Waals surface area contributed by atoms with Gasteiger partial charge in [0.15, 0.2) is 0 Å². The number of carbonyl (C=O) groups excluding carboxylic acids is 1. The Bertz CT molecular complexity index is 511. The third-order valence-electron chi connectivity index (χ3n) is 4.27. The largest absolute Gasteiger partial charge is 0.338 e. The summed E-state index contributed by atoms with van der Waals surface area (Å²) in [5.41, 5.74) is 8.07. The van der Waals surface area contributed by atoms with Gasteiger partial charge in [0.2, 0.25) is 0 Å². The fourth-order valence-corrected chi connectivity index (χ4v) is 2.90. The highest BCUT2D eigenvalue weighted by Gasteiger charge is 2.35. The molecule has 1 aromatic carbocycles. The van der Waals surface area contributed by atoms with Crippen LogP contribution < -0.4 is 5.73 Å². The molecular formula is C17H27N3O. The van der Waals surface area contributed by atoms with Crippen LogP contribution in [0.25, 0.3) is 0 Å². The van der Waals surface area contributed by atoms with Gasteiger partial charge in [0.1, 0.15) is 0 Å². The van der Waals surface area contributed by atoms with Gasteiger partial charge in [-0.3, -0.25) is 4.79 Å². The highest BCUT2D eigenvalue weighted by Crippen LogP contribution is 2.28. The summed E-state index contributed by atoms with van der Waals surface area (Å²) in [7, 11) is 4.06. The zero-order valence-electron chi connectivity index (χ0n) is 13.6. The summed E-state index contributed by atoms with van der Waals surface area (Å²) in [6.07, 6.45) is 0.871. The van der Waals surface area contributed by atoms with Crippen molar-refractivity contribution < 1.29 is 4.79 Å². The fraction of sp³-hybridized carbons (Fsp3) is 0.588. The lowest BCUT2D eigenvalue weighted by atomic mass is 9.79. The molecule has 1 amide bonds. The van der Waals surface area contributed by atoms with Gasteiger partial charge >= 0.3 is 0 Å². The van der Waals surface area contributed by atoms with E-state index in [1.807, 2.05) is 37.2 Å². The van der Waals surface area contributed by atoms with E-state index in [0.717, 1.165) is 31.6 Å². The van der Waals surface area contributed by atoms with Crippen molar-refractivity contribution in [1.29, 1.82) is 0 Å². The van der Waals surface area contributed by atoms with Crippen LogP contribution in [0.1, 0.15) is 36.2 Å². The van der Waals surface area contributed by atoms with Gasteiger partial charge < -0.3 is 15.5 Å². The minimum Gasteiger partial charge on any atom is -0.338 e. The monoisotopic (exact) mass is 289 g/mol. The van der Waals surface area contributed by atoms with Gasteiger partial charge in [-0.2, -0.15) is 0 Å². The lowest BCUT2D eigenvalue weighted by Crippen LogP contribution is -2.54. The smallest absolute Gasteiger partial charge is 0.253 e. The standard InChI is InChI=1S/C17H27N3O/c1-17(2)12-20(9-8-15(17)18)16(21)14-7-5-6-13(10-14)11-19(3)4/h5-7,10,15H,8-9,11-12,18H2,1-4H3. The van der Waals surface area contributed by atoms with Gasteiger partial charge in [-0.1, -0.05) is 26.0 Å². The summed E-state index contributed by atoms with van der Waals surface area (Å²) in [5.74, 6) is 0.121. The van der Waals surface area contributed by atoms with Gasteiger partial charge in [0.05, 0.1) is 0 Å². The van der Waals surface area contributed by atoms with Crippen LogP contribution in [0.15, 0.2) is 24.3 Å². The van der Waals surface area contributed by atoms with Crippen molar-refractivity contribution in [1.82, 2.24) is 9.80 Å². The van der Waals surface area contributed by atoms with Crippen molar-refractivity contribution in [3.63, 3.8) is 0 Å². The van der Waals surface area contributed by atoms with E-state index in [1.54, 1.807) is 0 Å². The van der Waals surface area contributed by atoms with Crippen LogP contribution in [-0.4, -0.2) is 48.9 Å². The summed E-state index contributed by atoms with van der Waals surface area (Å²) >= 11 is 0. The van der Waals surface area contributed by atoms with E-state index in [1.165, 1.54) is 5.56 Å². The topological polar surface area (TPSA) is 49.6 Å². The molecule has 0 bridgehead atoms. The van der Waals surface area contributed by atoms with Crippen molar-refractivity contribution in [2.45, 2.75) is 32.9 Å². The lowest BCUT2D eigenvalue weighted by molar-refractivity contribution is 0.0533. The zero-order valence-corrected chi connectivity index (χ0v) is 13.6. The molecule has 116 valence electrons. The van der Waals surface area contributed by atoms with E-state index in [9.17, 15) is 4.79 Å². The minimum absolute atomic E-state index is 0.0187. The molecule has 0 aliphatic carbocycles. The van der Waals surface area contributed by atoms with Crippen molar-refractivity contribution in [2.24, 2.45) is 11.1 Å². The zero-order chi connectivity index (χ0) is 15.6. The first kappa shape index (κ1) is 16.0. The van der Waals surface area contributed by atoms with Crippen LogP contribution in [0, 0.1) is 5.41 Å². The molecule has 21 heavy (non-hydrogen) atoms. The molecule has 1 fully saturated rings. The summed E-state index contributed by atoms with van der Waals surface area (Å²) in [5, 5.41) is 0. The Morgan fingerprint density at radius 2 is 2.14 bits per heavy atom. The SMILES string of the molecule is CN(C)Cc1cccc(C(=O)N2CCC(N)C(C)(C)C2)c1. The summed E-state index contributed by atoms with van der Waals surface area (Å²) in [4.78, 5) is 16.8. The number of amides is 1. The van der Waals surface area contributed by atoms with Gasteiger partial charge in [-0.15, -0.1) is 0 Å². The lowest BCUT2D eigenvalue weighted by Gasteiger charge is -2.42. The Morgan fingerprint density at radius 3 is 2.76 bits per heavy atom. The maximum absolute atomic E-state index is 12.7. The number of piperidine rings is 1. The number of carbonyl (C=O) groups is 1. The van der Waals surface area contributed by atoms with Gasteiger partial charge in [0.25, 0.3) is 5.91 Å². The van der Waals surface area contributed by atoms with Crippen LogP contribution in [0.5, 0.6) is 0 Å². The molecule has 1 atom stereocenters. The normalized spacial score (nSPS) is 21.6. The van der Waals surface area contributed by atoms with E-state index in [4.69, 9.17) is 5.73 Å². The van der Waals surface area contributed by atoms with Crippen molar-refractivity contribution in [3.8, 4) is 0 Å². The van der Waals surface area contributed by atoms with E-state index in [0.29, 0.717) is 0 Å². The number of hydrogen-bond acceptors (Lipinski definition) is 3. The predicted molar refractivity (Wildman–Crippen MR) is 86.1 cm³/mol. The number of rotatable bonds is 3. The second-order valence-corrected chi connectivity index (χ2v) is 7.05. The molecule has 2 N–H and O–H groups in total. The molecule has 1 aromatic rings. The van der Waals surface area contributed by atoms with Crippen LogP contribution in [-0.2, 0) is 6.54 Å². The maximum atomic E-state index is 12.7. The Kier molecular flexibility index (Phi) is 4.69. The maximum Gasteiger partial charge on any atom is 0.253 e. The van der Waals surface area contributed by atoms with E-state index in [2.05, 4.69) is 24.8 Å². The van der Waals surface area contributed by atoms with Crippen LogP contribution in [0.3, 0.4) is 0 Å². The van der Waals surface area contributed by atoms with E-state index < -0.39 is 0 Å². The van der Waals surface area contributed by atoms with Crippen molar-refractivity contribution in [2.75, 3.05) is 27.2 Å². The molecule has 0 saturated carbocycles. The molecule has 0 spiro atoms. The highest BCUT2D eigenvalue weighted by molar-refractivity contribution is 5.94. The average molecular weight is 289 g/mol. The summed E-state index contributed by atoms with van der Waals surface area (Å²) in [6, 6.07) is 8.11. The molecule has 2 rings (SSSR count). The Morgan fingerprint density at radius 1 is 1.43 bits per heavy atom. The average Bonchev–Trinajstić information content (AvgIpc) is 2.40. The van der Waals surface area contributed by atoms with E-state index >= 15 is 0 Å². The molecule has 1 aliphatic heterocycles. The molecule has 1 unspecified atom stereocenters. The molecule has 1 heterocycles. The predicted octanol–water partition coefficient (Wildman–Crippen LogP) is 1.95. The van der Waals surface area contributed by atoms with Crippen molar-refractivity contribution in [3.05, 3.63) is 35.4 Å². The van der Waals surface area contributed by atoms with Crippen LogP contribution in [0.2, 0.25) is 0 Å². The number of nitrogens with zero attached hydrogens (tertiary/aromatic N) is 2. The first-order chi connectivity index (χ1) is 9.79. The summed E-state index contributed by atoms with van der Waals surface area (Å²) in [6.45, 7) is 6.60. The van der Waals surface area contributed by atoms with Gasteiger partial charge in [0, 0.05) is 31.2 Å². The second-order valence-electron chi connectivity index (χ2n) is 7.05. The molecule has 1 aliphatic rings. The molecule has 4 heteroatoms. The second kappa shape index (κ2) is 6.16. The molecule has 4 nitrogen and oxygen atoms in total. The number of benzene rings is 1. The minimum atomic E-state index is -0.0187. The number of hydrogen-bond donors (Lipinski definition) is 1. The quantitative estimate of drug-likeness (QED) is 0.925. The van der Waals surface area contributed by atoms with Crippen LogP contribution >= 0.6 is 0 Å². The molecular weight excluding hydrogens is 262 g/mol. The van der Waals surface area contributed by atoms with Gasteiger partial charge in [-0.05, 0) is 43.6 Å². The summed E-state index contributed by atoms with van der Waals surface area (Å²) < 4.78 is 0. The third kappa shape index (κ3) is 3.83. The number of nitrogens with two attached hydrogens (primary N) is 1. The molecule has 1 saturated heterocycles. The van der Waals surface area contributed by atoms with Crippen molar-refractivity contribution >= 4 is 5.91 Å². The highest BCUT2D eigenvalue weighted by atomic mass is 16.2. The van der Waals surface area contributed by atoms with Crippen LogP contribution in [0.4, 0.5) is 0 Å².